The normalized spacial score (nSPS) is 13.0. The molecule has 1 heterocycles. The highest BCUT2D eigenvalue weighted by atomic mass is 14.9. The number of nitrogens with one attached hydrogen (secondary N) is 2. The topological polar surface area (TPSA) is 53.8 Å². The van der Waals surface area contributed by atoms with Crippen molar-refractivity contribution < 1.29 is 0 Å². The number of H-pyrrole nitrogens is 1. The maximum absolute atomic E-state index is 5.54. The second-order valence-corrected chi connectivity index (χ2v) is 2.46. The van der Waals surface area contributed by atoms with E-state index in [-0.39, 0.29) is 6.04 Å². The Bertz CT molecular complexity index is 167. The Kier molecular flexibility index (Phi) is 2.34. The molecule has 4 N–H and O–H groups in total. The molecule has 0 aliphatic rings. The van der Waals surface area contributed by atoms with Gasteiger partial charge in [-0.2, -0.15) is 0 Å². The number of nitrogens with two attached hydrogens (primary N) is 1. The third-order valence-corrected chi connectivity index (χ3v) is 1.23. The van der Waals surface area contributed by atoms with Crippen molar-refractivity contribution in [1.82, 2.24) is 4.98 Å². The molecule has 0 fully saturated rings. The number of hydrogen-bond acceptors (Lipinski definition) is 2. The van der Waals surface area contributed by atoms with Gasteiger partial charge >= 0.3 is 0 Å². The van der Waals surface area contributed by atoms with Gasteiger partial charge in [0.1, 0.15) is 0 Å². The highest BCUT2D eigenvalue weighted by Crippen LogP contribution is 2.02. The molecular weight excluding hydrogens is 126 g/mol. The predicted molar refractivity (Wildman–Crippen MR) is 42.9 cm³/mol. The minimum absolute atomic E-state index is 0.204. The van der Waals surface area contributed by atoms with Crippen LogP contribution in [0.4, 0.5) is 5.69 Å². The van der Waals surface area contributed by atoms with Gasteiger partial charge in [0.2, 0.25) is 0 Å². The number of hydrogen-bond donors (Lipinski definition) is 3. The summed E-state index contributed by atoms with van der Waals surface area (Å²) >= 11 is 0. The summed E-state index contributed by atoms with van der Waals surface area (Å²) in [6.07, 6.45) is 3.78. The molecule has 0 spiro atoms. The molecule has 0 radical (unpaired) electrons. The van der Waals surface area contributed by atoms with E-state index in [1.165, 1.54) is 0 Å². The lowest BCUT2D eigenvalue weighted by Crippen LogP contribution is -2.24. The standard InChI is InChI=1S/C7H13N3/c1-6(8)4-10-7-2-3-9-5-7/h2-3,5-6,9-10H,4,8H2,1H3. The first-order chi connectivity index (χ1) is 4.79. The summed E-state index contributed by atoms with van der Waals surface area (Å²) in [5.74, 6) is 0. The largest absolute Gasteiger partial charge is 0.382 e. The smallest absolute Gasteiger partial charge is 0.0518 e. The van der Waals surface area contributed by atoms with E-state index >= 15 is 0 Å². The Morgan fingerprint density at radius 1 is 1.80 bits per heavy atom. The average Bonchev–Trinajstić information content (AvgIpc) is 2.34. The van der Waals surface area contributed by atoms with Crippen molar-refractivity contribution in [1.29, 1.82) is 0 Å². The van der Waals surface area contributed by atoms with Crippen molar-refractivity contribution in [2.24, 2.45) is 5.73 Å². The molecular formula is C7H13N3. The zero-order chi connectivity index (χ0) is 7.40. The highest BCUT2D eigenvalue weighted by molar-refractivity contribution is 5.40. The van der Waals surface area contributed by atoms with E-state index in [1.807, 2.05) is 25.4 Å². The van der Waals surface area contributed by atoms with Crippen molar-refractivity contribution in [3.05, 3.63) is 18.5 Å². The summed E-state index contributed by atoms with van der Waals surface area (Å²) < 4.78 is 0. The first kappa shape index (κ1) is 7.15. The van der Waals surface area contributed by atoms with E-state index in [2.05, 4.69) is 10.3 Å². The molecule has 1 aromatic rings. The fourth-order valence-electron chi connectivity index (χ4n) is 0.713. The molecule has 1 aromatic heterocycles. The molecule has 0 saturated carbocycles. The molecule has 0 saturated heterocycles. The van der Waals surface area contributed by atoms with Gasteiger partial charge in [-0.3, -0.25) is 0 Å². The second-order valence-electron chi connectivity index (χ2n) is 2.46. The van der Waals surface area contributed by atoms with E-state index in [9.17, 15) is 0 Å². The zero-order valence-corrected chi connectivity index (χ0v) is 6.09. The summed E-state index contributed by atoms with van der Waals surface area (Å²) in [5, 5.41) is 3.17. The number of aromatic amines is 1. The molecule has 0 aromatic carbocycles. The molecule has 0 bridgehead atoms. The Balaban J connectivity index is 2.28. The van der Waals surface area contributed by atoms with Crippen LogP contribution in [0.25, 0.3) is 0 Å². The van der Waals surface area contributed by atoms with Gasteiger partial charge in [0.15, 0.2) is 0 Å². The lowest BCUT2D eigenvalue weighted by atomic mass is 10.3. The summed E-state index contributed by atoms with van der Waals surface area (Å²) in [6.45, 7) is 2.79. The third-order valence-electron chi connectivity index (χ3n) is 1.23. The Morgan fingerprint density at radius 3 is 3.10 bits per heavy atom. The zero-order valence-electron chi connectivity index (χ0n) is 6.09. The molecule has 0 aliphatic carbocycles. The Labute approximate surface area is 60.6 Å². The van der Waals surface area contributed by atoms with Crippen molar-refractivity contribution in [3.8, 4) is 0 Å². The van der Waals surface area contributed by atoms with Gasteiger partial charge in [0, 0.05) is 25.0 Å². The van der Waals surface area contributed by atoms with Crippen LogP contribution in [0.3, 0.4) is 0 Å². The molecule has 0 amide bonds. The molecule has 1 rings (SSSR count). The summed E-state index contributed by atoms with van der Waals surface area (Å²) in [6, 6.07) is 2.18. The highest BCUT2D eigenvalue weighted by Gasteiger charge is 1.92. The van der Waals surface area contributed by atoms with Gasteiger partial charge in [-0.05, 0) is 13.0 Å². The van der Waals surface area contributed by atoms with Crippen LogP contribution in [0.15, 0.2) is 18.5 Å². The second kappa shape index (κ2) is 3.27. The van der Waals surface area contributed by atoms with Crippen LogP contribution in [-0.2, 0) is 0 Å². The lowest BCUT2D eigenvalue weighted by molar-refractivity contribution is 0.780. The van der Waals surface area contributed by atoms with Crippen LogP contribution < -0.4 is 11.1 Å². The number of aromatic nitrogens is 1. The SMILES string of the molecule is CC(N)CNc1cc[nH]c1. The first-order valence-corrected chi connectivity index (χ1v) is 3.41. The fraction of sp³-hybridized carbons (Fsp3) is 0.429. The van der Waals surface area contributed by atoms with Crippen LogP contribution in [0, 0.1) is 0 Å². The lowest BCUT2D eigenvalue weighted by Gasteiger charge is -2.05. The Morgan fingerprint density at radius 2 is 2.60 bits per heavy atom. The minimum Gasteiger partial charge on any atom is -0.382 e. The van der Waals surface area contributed by atoms with Gasteiger partial charge < -0.3 is 16.0 Å². The van der Waals surface area contributed by atoms with Crippen molar-refractivity contribution in [2.75, 3.05) is 11.9 Å². The van der Waals surface area contributed by atoms with Crippen molar-refractivity contribution in [3.63, 3.8) is 0 Å². The molecule has 1 atom stereocenters. The summed E-state index contributed by atoms with van der Waals surface area (Å²) in [7, 11) is 0. The van der Waals surface area contributed by atoms with Crippen LogP contribution >= 0.6 is 0 Å². The monoisotopic (exact) mass is 139 g/mol. The fourth-order valence-corrected chi connectivity index (χ4v) is 0.713. The maximum atomic E-state index is 5.54. The molecule has 3 heteroatoms. The van der Waals surface area contributed by atoms with Gasteiger partial charge in [0.05, 0.1) is 5.69 Å². The van der Waals surface area contributed by atoms with E-state index in [0.717, 1.165) is 12.2 Å². The molecule has 56 valence electrons. The van der Waals surface area contributed by atoms with Gasteiger partial charge in [0.25, 0.3) is 0 Å². The van der Waals surface area contributed by atoms with Gasteiger partial charge in [-0.25, -0.2) is 0 Å². The predicted octanol–water partition coefficient (Wildman–Crippen LogP) is 0.774. The van der Waals surface area contributed by atoms with E-state index in [4.69, 9.17) is 5.73 Å². The number of anilines is 1. The number of rotatable bonds is 3. The quantitative estimate of drug-likeness (QED) is 0.579. The first-order valence-electron chi connectivity index (χ1n) is 3.41. The molecule has 1 unspecified atom stereocenters. The van der Waals surface area contributed by atoms with Crippen molar-refractivity contribution >= 4 is 5.69 Å². The van der Waals surface area contributed by atoms with E-state index in [0.29, 0.717) is 0 Å². The van der Waals surface area contributed by atoms with Crippen LogP contribution in [-0.4, -0.2) is 17.6 Å². The molecule has 0 aliphatic heterocycles. The van der Waals surface area contributed by atoms with Crippen LogP contribution in [0.5, 0.6) is 0 Å². The van der Waals surface area contributed by atoms with Gasteiger partial charge in [-0.15, -0.1) is 0 Å². The summed E-state index contributed by atoms with van der Waals surface area (Å²) in [5.41, 5.74) is 6.63. The van der Waals surface area contributed by atoms with E-state index in [1.54, 1.807) is 0 Å². The van der Waals surface area contributed by atoms with Crippen LogP contribution in [0.2, 0.25) is 0 Å². The van der Waals surface area contributed by atoms with Gasteiger partial charge in [-0.1, -0.05) is 0 Å². The molecule has 10 heavy (non-hydrogen) atoms. The van der Waals surface area contributed by atoms with E-state index < -0.39 is 0 Å². The minimum atomic E-state index is 0.204. The van der Waals surface area contributed by atoms with Crippen molar-refractivity contribution in [2.45, 2.75) is 13.0 Å². The van der Waals surface area contributed by atoms with Crippen LogP contribution in [0.1, 0.15) is 6.92 Å². The summed E-state index contributed by atoms with van der Waals surface area (Å²) in [4.78, 5) is 2.95. The third kappa shape index (κ3) is 2.11. The maximum Gasteiger partial charge on any atom is 0.0518 e. The average molecular weight is 139 g/mol. The Hall–Kier alpha value is -0.960. The molecule has 3 nitrogen and oxygen atoms in total.